The van der Waals surface area contributed by atoms with Gasteiger partial charge in [-0.05, 0) is 19.4 Å². The van der Waals surface area contributed by atoms with Crippen LogP contribution in [-0.4, -0.2) is 29.2 Å². The molecule has 0 spiro atoms. The smallest absolute Gasteiger partial charge is 0.293 e. The van der Waals surface area contributed by atoms with E-state index in [1.807, 2.05) is 9.47 Å². The largest absolute Gasteiger partial charge is 0.351 e. The second kappa shape index (κ2) is 3.59. The summed E-state index contributed by atoms with van der Waals surface area (Å²) < 4.78 is 1.82. The fourth-order valence-electron chi connectivity index (χ4n) is 2.16. The van der Waals surface area contributed by atoms with Crippen molar-refractivity contribution in [2.45, 2.75) is 18.9 Å². The van der Waals surface area contributed by atoms with E-state index in [0.717, 1.165) is 25.9 Å². The first-order valence-corrected chi connectivity index (χ1v) is 5.81. The van der Waals surface area contributed by atoms with Crippen LogP contribution in [0.1, 0.15) is 18.9 Å². The van der Waals surface area contributed by atoms with E-state index in [-0.39, 0.29) is 5.56 Å². The molecule has 1 saturated carbocycles. The maximum Gasteiger partial charge on any atom is 0.293 e. The van der Waals surface area contributed by atoms with E-state index >= 15 is 0 Å². The molecule has 86 valence electrons. The molecule has 0 bridgehead atoms. The van der Waals surface area contributed by atoms with Crippen LogP contribution >= 0.6 is 0 Å². The van der Waals surface area contributed by atoms with Crippen molar-refractivity contribution in [3.8, 4) is 0 Å². The standard InChI is InChI=1S/C11H16N4O/c12-5-8-6-14(7-8)10-11(16)15(4-3-13-10)9-1-2-9/h3-4,8-9H,1-2,5-7,12H2. The average Bonchev–Trinajstić information content (AvgIpc) is 3.02. The SMILES string of the molecule is NCC1CN(c2nccn(C3CC3)c2=O)C1. The summed E-state index contributed by atoms with van der Waals surface area (Å²) in [7, 11) is 0. The topological polar surface area (TPSA) is 64.2 Å². The van der Waals surface area contributed by atoms with Gasteiger partial charge < -0.3 is 15.2 Å². The summed E-state index contributed by atoms with van der Waals surface area (Å²) in [6, 6.07) is 0.417. The first kappa shape index (κ1) is 9.84. The molecule has 1 aromatic heterocycles. The molecule has 0 unspecified atom stereocenters. The third-order valence-corrected chi connectivity index (χ3v) is 3.38. The molecule has 0 radical (unpaired) electrons. The molecule has 16 heavy (non-hydrogen) atoms. The Bertz CT molecular complexity index is 446. The lowest BCUT2D eigenvalue weighted by Gasteiger charge is -2.39. The molecule has 2 N–H and O–H groups in total. The lowest BCUT2D eigenvalue weighted by atomic mass is 10.0. The van der Waals surface area contributed by atoms with Crippen LogP contribution in [0, 0.1) is 5.92 Å². The second-order valence-electron chi connectivity index (χ2n) is 4.70. The van der Waals surface area contributed by atoms with Crippen molar-refractivity contribution in [3.05, 3.63) is 22.7 Å². The molecule has 0 aromatic carbocycles. The zero-order chi connectivity index (χ0) is 11.1. The zero-order valence-corrected chi connectivity index (χ0v) is 9.17. The van der Waals surface area contributed by atoms with Crippen molar-refractivity contribution in [2.75, 3.05) is 24.5 Å². The van der Waals surface area contributed by atoms with Gasteiger partial charge in [0.25, 0.3) is 5.56 Å². The van der Waals surface area contributed by atoms with Crippen molar-refractivity contribution >= 4 is 5.82 Å². The lowest BCUT2D eigenvalue weighted by molar-refractivity contribution is 0.414. The van der Waals surface area contributed by atoms with Gasteiger partial charge in [-0.1, -0.05) is 0 Å². The van der Waals surface area contributed by atoms with E-state index < -0.39 is 0 Å². The van der Waals surface area contributed by atoms with E-state index in [1.54, 1.807) is 12.4 Å². The Kier molecular flexibility index (Phi) is 2.21. The molecule has 0 amide bonds. The minimum absolute atomic E-state index is 0.0560. The molecule has 2 fully saturated rings. The van der Waals surface area contributed by atoms with Crippen LogP contribution in [0.2, 0.25) is 0 Å². The highest BCUT2D eigenvalue weighted by Crippen LogP contribution is 2.33. The third kappa shape index (κ3) is 1.51. The Balaban J connectivity index is 1.85. The first-order valence-electron chi connectivity index (χ1n) is 5.81. The Morgan fingerprint density at radius 3 is 2.81 bits per heavy atom. The molecule has 0 atom stereocenters. The van der Waals surface area contributed by atoms with E-state index in [1.165, 1.54) is 0 Å². The maximum absolute atomic E-state index is 12.1. The summed E-state index contributed by atoms with van der Waals surface area (Å²) >= 11 is 0. The number of rotatable bonds is 3. The third-order valence-electron chi connectivity index (χ3n) is 3.38. The number of aromatic nitrogens is 2. The fraction of sp³-hybridized carbons (Fsp3) is 0.636. The van der Waals surface area contributed by atoms with Crippen LogP contribution in [0.5, 0.6) is 0 Å². The quantitative estimate of drug-likeness (QED) is 0.777. The molecule has 1 aliphatic heterocycles. The number of anilines is 1. The minimum atomic E-state index is 0.0560. The predicted octanol–water partition coefficient (Wildman–Crippen LogP) is -0.0269. The Hall–Kier alpha value is -1.36. The van der Waals surface area contributed by atoms with Gasteiger partial charge in [-0.3, -0.25) is 4.79 Å². The molecule has 1 aromatic rings. The number of hydrogen-bond acceptors (Lipinski definition) is 4. The average molecular weight is 220 g/mol. The van der Waals surface area contributed by atoms with Gasteiger partial charge in [0.15, 0.2) is 5.82 Å². The summed E-state index contributed by atoms with van der Waals surface area (Å²) in [5.41, 5.74) is 5.63. The first-order chi connectivity index (χ1) is 7.79. The summed E-state index contributed by atoms with van der Waals surface area (Å²) in [4.78, 5) is 18.3. The molecular formula is C11H16N4O. The van der Waals surface area contributed by atoms with E-state index in [4.69, 9.17) is 5.73 Å². The second-order valence-corrected chi connectivity index (χ2v) is 4.70. The van der Waals surface area contributed by atoms with Gasteiger partial charge in [-0.2, -0.15) is 0 Å². The van der Waals surface area contributed by atoms with Crippen LogP contribution in [0.25, 0.3) is 0 Å². The Labute approximate surface area is 93.9 Å². The number of nitrogens with two attached hydrogens (primary N) is 1. The summed E-state index contributed by atoms with van der Waals surface area (Å²) in [5.74, 6) is 1.12. The molecule has 2 aliphatic rings. The highest BCUT2D eigenvalue weighted by atomic mass is 16.1. The molecule has 5 nitrogen and oxygen atoms in total. The number of nitrogens with zero attached hydrogens (tertiary/aromatic N) is 3. The van der Waals surface area contributed by atoms with Crippen LogP contribution in [-0.2, 0) is 0 Å². The summed E-state index contributed by atoms with van der Waals surface area (Å²) in [6.07, 6.45) is 5.76. The summed E-state index contributed by atoms with van der Waals surface area (Å²) in [5, 5.41) is 0. The van der Waals surface area contributed by atoms with Gasteiger partial charge in [0, 0.05) is 37.4 Å². The normalized spacial score (nSPS) is 20.9. The van der Waals surface area contributed by atoms with E-state index in [0.29, 0.717) is 24.3 Å². The van der Waals surface area contributed by atoms with Gasteiger partial charge in [0.1, 0.15) is 0 Å². The molecule has 2 heterocycles. The van der Waals surface area contributed by atoms with Crippen molar-refractivity contribution in [1.29, 1.82) is 0 Å². The van der Waals surface area contributed by atoms with Crippen molar-refractivity contribution < 1.29 is 0 Å². The molecule has 1 saturated heterocycles. The fourth-order valence-corrected chi connectivity index (χ4v) is 2.16. The predicted molar refractivity (Wildman–Crippen MR) is 61.5 cm³/mol. The van der Waals surface area contributed by atoms with Crippen molar-refractivity contribution in [2.24, 2.45) is 11.7 Å². The highest BCUT2D eigenvalue weighted by Gasteiger charge is 2.31. The van der Waals surface area contributed by atoms with Crippen molar-refractivity contribution in [1.82, 2.24) is 9.55 Å². The highest BCUT2D eigenvalue weighted by molar-refractivity contribution is 5.39. The van der Waals surface area contributed by atoms with Gasteiger partial charge >= 0.3 is 0 Å². The number of hydrogen-bond donors (Lipinski definition) is 1. The van der Waals surface area contributed by atoms with Crippen LogP contribution < -0.4 is 16.2 Å². The molecule has 3 rings (SSSR count). The van der Waals surface area contributed by atoms with E-state index in [9.17, 15) is 4.79 Å². The van der Waals surface area contributed by atoms with Gasteiger partial charge in [-0.15, -0.1) is 0 Å². The van der Waals surface area contributed by atoms with Crippen molar-refractivity contribution in [3.63, 3.8) is 0 Å². The van der Waals surface area contributed by atoms with Crippen LogP contribution in [0.15, 0.2) is 17.2 Å². The van der Waals surface area contributed by atoms with Gasteiger partial charge in [0.05, 0.1) is 0 Å². The van der Waals surface area contributed by atoms with Gasteiger partial charge in [-0.25, -0.2) is 4.98 Å². The van der Waals surface area contributed by atoms with Gasteiger partial charge in [0.2, 0.25) is 0 Å². The van der Waals surface area contributed by atoms with E-state index in [2.05, 4.69) is 4.98 Å². The Morgan fingerprint density at radius 2 is 2.19 bits per heavy atom. The monoisotopic (exact) mass is 220 g/mol. The summed E-state index contributed by atoms with van der Waals surface area (Å²) in [6.45, 7) is 2.43. The molecule has 5 heteroatoms. The van der Waals surface area contributed by atoms with Crippen LogP contribution in [0.3, 0.4) is 0 Å². The Morgan fingerprint density at radius 1 is 1.44 bits per heavy atom. The zero-order valence-electron chi connectivity index (χ0n) is 9.17. The minimum Gasteiger partial charge on any atom is -0.351 e. The molecule has 1 aliphatic carbocycles. The molecular weight excluding hydrogens is 204 g/mol. The maximum atomic E-state index is 12.1. The van der Waals surface area contributed by atoms with Crippen LogP contribution in [0.4, 0.5) is 5.82 Å². The lowest BCUT2D eigenvalue weighted by Crippen LogP contribution is -2.52.